The molecule has 0 aromatic carbocycles. The van der Waals surface area contributed by atoms with Crippen LogP contribution in [0, 0.1) is 5.92 Å². The Balaban J connectivity index is 2.60. The van der Waals surface area contributed by atoms with Crippen molar-refractivity contribution in [3.63, 3.8) is 0 Å². The summed E-state index contributed by atoms with van der Waals surface area (Å²) in [5, 5.41) is 11.4. The molecule has 0 unspecified atom stereocenters. The van der Waals surface area contributed by atoms with Crippen LogP contribution in [0.5, 0.6) is 0 Å². The molecule has 0 fully saturated rings. The van der Waals surface area contributed by atoms with Crippen LogP contribution in [-0.4, -0.2) is 28.0 Å². The Morgan fingerprint density at radius 3 is 2.56 bits per heavy atom. The van der Waals surface area contributed by atoms with E-state index in [-0.39, 0.29) is 18.2 Å². The van der Waals surface area contributed by atoms with Crippen molar-refractivity contribution in [3.05, 3.63) is 24.0 Å². The molecule has 0 radical (unpaired) electrons. The topological polar surface area (TPSA) is 105 Å². The van der Waals surface area contributed by atoms with Crippen molar-refractivity contribution in [2.45, 2.75) is 26.3 Å². The van der Waals surface area contributed by atoms with Gasteiger partial charge in [-0.1, -0.05) is 13.8 Å². The van der Waals surface area contributed by atoms with E-state index in [0.717, 1.165) is 0 Å². The minimum Gasteiger partial charge on any atom is -0.480 e. The fraction of sp³-hybridized carbons (Fsp3) is 0.417. The summed E-state index contributed by atoms with van der Waals surface area (Å²) in [5.41, 5.74) is 6.55. The number of carboxylic acid groups (broad SMARTS) is 1. The van der Waals surface area contributed by atoms with Crippen LogP contribution in [0.15, 0.2) is 18.3 Å². The van der Waals surface area contributed by atoms with E-state index >= 15 is 0 Å². The average Bonchev–Trinajstić information content (AvgIpc) is 2.28. The number of carbonyl (C=O) groups is 2. The smallest absolute Gasteiger partial charge is 0.326 e. The maximum atomic E-state index is 11.7. The first-order chi connectivity index (χ1) is 8.40. The zero-order chi connectivity index (χ0) is 13.7. The fourth-order valence-corrected chi connectivity index (χ4v) is 1.44. The highest BCUT2D eigenvalue weighted by Gasteiger charge is 2.23. The number of hydrogen-bond acceptors (Lipinski definition) is 4. The molecular formula is C12H17N3O3. The van der Waals surface area contributed by atoms with Crippen LogP contribution >= 0.6 is 0 Å². The normalized spacial score (nSPS) is 12.2. The first-order valence-electron chi connectivity index (χ1n) is 5.62. The number of hydrogen-bond donors (Lipinski definition) is 3. The second kappa shape index (κ2) is 6.00. The predicted octanol–water partition coefficient (Wildman–Crippen LogP) is 0.432. The van der Waals surface area contributed by atoms with Gasteiger partial charge in [-0.2, -0.15) is 0 Å². The largest absolute Gasteiger partial charge is 0.480 e. The number of rotatable bonds is 5. The molecule has 1 aromatic rings. The van der Waals surface area contributed by atoms with Gasteiger partial charge in [-0.3, -0.25) is 9.78 Å². The number of aromatic nitrogens is 1. The van der Waals surface area contributed by atoms with Gasteiger partial charge >= 0.3 is 5.97 Å². The molecule has 0 bridgehead atoms. The molecule has 1 atom stereocenters. The minimum atomic E-state index is -1.04. The SMILES string of the molecule is CC(C)[C@H](NC(=O)Cc1ccc(N)cn1)C(=O)O. The number of anilines is 1. The third-order valence-corrected chi connectivity index (χ3v) is 2.44. The molecular weight excluding hydrogens is 234 g/mol. The molecule has 0 aliphatic rings. The first kappa shape index (κ1) is 14.0. The average molecular weight is 251 g/mol. The van der Waals surface area contributed by atoms with E-state index in [9.17, 15) is 9.59 Å². The van der Waals surface area contributed by atoms with Crippen LogP contribution in [0.2, 0.25) is 0 Å². The molecule has 1 amide bonds. The number of nitrogens with one attached hydrogen (secondary N) is 1. The second-order valence-electron chi connectivity index (χ2n) is 4.39. The summed E-state index contributed by atoms with van der Waals surface area (Å²) in [5.74, 6) is -1.58. The molecule has 0 spiro atoms. The quantitative estimate of drug-likeness (QED) is 0.703. The van der Waals surface area contributed by atoms with Crippen molar-refractivity contribution >= 4 is 17.6 Å². The van der Waals surface area contributed by atoms with Gasteiger partial charge in [0.2, 0.25) is 5.91 Å². The summed E-state index contributed by atoms with van der Waals surface area (Å²) in [6.45, 7) is 3.47. The number of carboxylic acids is 1. The molecule has 6 heteroatoms. The molecule has 1 heterocycles. The van der Waals surface area contributed by atoms with Crippen molar-refractivity contribution in [2.75, 3.05) is 5.73 Å². The Kier molecular flexibility index (Phi) is 4.65. The first-order valence-corrected chi connectivity index (χ1v) is 5.62. The third-order valence-electron chi connectivity index (χ3n) is 2.44. The van der Waals surface area contributed by atoms with E-state index in [1.165, 1.54) is 6.20 Å². The van der Waals surface area contributed by atoms with Gasteiger partial charge in [-0.05, 0) is 18.1 Å². The summed E-state index contributed by atoms with van der Waals surface area (Å²) in [4.78, 5) is 26.6. The van der Waals surface area contributed by atoms with Crippen LogP contribution in [0.25, 0.3) is 0 Å². The Labute approximate surface area is 105 Å². The Morgan fingerprint density at radius 1 is 1.44 bits per heavy atom. The van der Waals surface area contributed by atoms with Gasteiger partial charge < -0.3 is 16.2 Å². The van der Waals surface area contributed by atoms with Crippen LogP contribution < -0.4 is 11.1 Å². The van der Waals surface area contributed by atoms with Crippen LogP contribution in [0.4, 0.5) is 5.69 Å². The Morgan fingerprint density at radius 2 is 2.11 bits per heavy atom. The minimum absolute atomic E-state index is 0.0385. The second-order valence-corrected chi connectivity index (χ2v) is 4.39. The van der Waals surface area contributed by atoms with E-state index in [4.69, 9.17) is 10.8 Å². The zero-order valence-electron chi connectivity index (χ0n) is 10.4. The summed E-state index contributed by atoms with van der Waals surface area (Å²) in [6.07, 6.45) is 1.50. The number of aliphatic carboxylic acids is 1. The third kappa shape index (κ3) is 4.04. The summed E-state index contributed by atoms with van der Waals surface area (Å²) in [7, 11) is 0. The molecule has 6 nitrogen and oxygen atoms in total. The van der Waals surface area contributed by atoms with Crippen LogP contribution in [0.1, 0.15) is 19.5 Å². The van der Waals surface area contributed by atoms with E-state index in [1.807, 2.05) is 0 Å². The number of nitrogen functional groups attached to an aromatic ring is 1. The van der Waals surface area contributed by atoms with Crippen molar-refractivity contribution in [1.82, 2.24) is 10.3 Å². The van der Waals surface area contributed by atoms with E-state index in [1.54, 1.807) is 26.0 Å². The maximum Gasteiger partial charge on any atom is 0.326 e. The molecule has 0 aliphatic carbocycles. The molecule has 1 rings (SSSR count). The van der Waals surface area contributed by atoms with Crippen LogP contribution in [0.3, 0.4) is 0 Å². The van der Waals surface area contributed by atoms with E-state index in [0.29, 0.717) is 11.4 Å². The van der Waals surface area contributed by atoms with Gasteiger partial charge in [0.05, 0.1) is 18.3 Å². The molecule has 0 saturated carbocycles. The zero-order valence-corrected chi connectivity index (χ0v) is 10.4. The molecule has 98 valence electrons. The van der Waals surface area contributed by atoms with Crippen molar-refractivity contribution in [2.24, 2.45) is 5.92 Å². The monoisotopic (exact) mass is 251 g/mol. The summed E-state index contributed by atoms with van der Waals surface area (Å²) in [6, 6.07) is 2.40. The standard InChI is InChI=1S/C12H17N3O3/c1-7(2)11(12(17)18)15-10(16)5-9-4-3-8(13)6-14-9/h3-4,6-7,11H,5,13H2,1-2H3,(H,15,16)(H,17,18)/t11-/m0/s1. The highest BCUT2D eigenvalue weighted by molar-refractivity contribution is 5.84. The lowest BCUT2D eigenvalue weighted by molar-refractivity contribution is -0.143. The highest BCUT2D eigenvalue weighted by atomic mass is 16.4. The fourth-order valence-electron chi connectivity index (χ4n) is 1.44. The van der Waals surface area contributed by atoms with Gasteiger partial charge in [-0.25, -0.2) is 4.79 Å². The number of carbonyl (C=O) groups excluding carboxylic acids is 1. The lowest BCUT2D eigenvalue weighted by Crippen LogP contribution is -2.44. The lowest BCUT2D eigenvalue weighted by atomic mass is 10.0. The van der Waals surface area contributed by atoms with E-state index < -0.39 is 12.0 Å². The molecule has 0 saturated heterocycles. The lowest BCUT2D eigenvalue weighted by Gasteiger charge is -2.17. The van der Waals surface area contributed by atoms with E-state index in [2.05, 4.69) is 10.3 Å². The number of amides is 1. The molecule has 4 N–H and O–H groups in total. The summed E-state index contributed by atoms with van der Waals surface area (Å²) >= 11 is 0. The summed E-state index contributed by atoms with van der Waals surface area (Å²) < 4.78 is 0. The van der Waals surface area contributed by atoms with Gasteiger partial charge in [-0.15, -0.1) is 0 Å². The van der Waals surface area contributed by atoms with Crippen LogP contribution in [-0.2, 0) is 16.0 Å². The number of pyridine rings is 1. The van der Waals surface area contributed by atoms with Gasteiger partial charge in [0, 0.05) is 5.69 Å². The Bertz CT molecular complexity index is 429. The van der Waals surface area contributed by atoms with Gasteiger partial charge in [0.15, 0.2) is 0 Å². The number of nitrogens with two attached hydrogens (primary N) is 1. The molecule has 0 aliphatic heterocycles. The van der Waals surface area contributed by atoms with Crippen molar-refractivity contribution in [1.29, 1.82) is 0 Å². The number of nitrogens with zero attached hydrogens (tertiary/aromatic N) is 1. The Hall–Kier alpha value is -2.11. The predicted molar refractivity (Wildman–Crippen MR) is 66.8 cm³/mol. The maximum absolute atomic E-state index is 11.7. The van der Waals surface area contributed by atoms with Gasteiger partial charge in [0.1, 0.15) is 6.04 Å². The molecule has 1 aromatic heterocycles. The van der Waals surface area contributed by atoms with Crippen molar-refractivity contribution < 1.29 is 14.7 Å². The molecule has 18 heavy (non-hydrogen) atoms. The highest BCUT2D eigenvalue weighted by Crippen LogP contribution is 2.04. The van der Waals surface area contributed by atoms with Crippen molar-refractivity contribution in [3.8, 4) is 0 Å². The van der Waals surface area contributed by atoms with Gasteiger partial charge in [0.25, 0.3) is 0 Å².